The minimum absolute atomic E-state index is 0.166. The number of rotatable bonds is 5. The van der Waals surface area contributed by atoms with Gasteiger partial charge >= 0.3 is 6.61 Å². The minimum atomic E-state index is -2.79. The average Bonchev–Trinajstić information content (AvgIpc) is 3.11. The van der Waals surface area contributed by atoms with E-state index < -0.39 is 6.61 Å². The molecule has 1 aromatic heterocycles. The number of aromatic nitrogens is 1. The van der Waals surface area contributed by atoms with Crippen LogP contribution in [0.3, 0.4) is 0 Å². The number of hydrogen-bond donors (Lipinski definition) is 1. The molecule has 0 amide bonds. The van der Waals surface area contributed by atoms with Crippen molar-refractivity contribution in [2.24, 2.45) is 0 Å². The van der Waals surface area contributed by atoms with Gasteiger partial charge < -0.3 is 10.1 Å². The van der Waals surface area contributed by atoms with Crippen molar-refractivity contribution in [2.45, 2.75) is 31.9 Å². The summed E-state index contributed by atoms with van der Waals surface area (Å²) in [6, 6.07) is 7.12. The first kappa shape index (κ1) is 14.4. The first-order chi connectivity index (χ1) is 10.2. The van der Waals surface area contributed by atoms with Gasteiger partial charge in [0, 0.05) is 23.4 Å². The summed E-state index contributed by atoms with van der Waals surface area (Å²) in [5.74, 6) is 0.166. The Morgan fingerprint density at radius 2 is 2.14 bits per heavy atom. The Morgan fingerprint density at radius 3 is 2.81 bits per heavy atom. The Balaban J connectivity index is 1.67. The lowest BCUT2D eigenvalue weighted by molar-refractivity contribution is -0.0498. The van der Waals surface area contributed by atoms with E-state index in [0.29, 0.717) is 6.04 Å². The van der Waals surface area contributed by atoms with E-state index in [9.17, 15) is 8.78 Å². The Kier molecular flexibility index (Phi) is 4.45. The van der Waals surface area contributed by atoms with Crippen LogP contribution in [-0.4, -0.2) is 24.2 Å². The van der Waals surface area contributed by atoms with Crippen molar-refractivity contribution in [1.29, 1.82) is 0 Å². The van der Waals surface area contributed by atoms with E-state index in [2.05, 4.69) is 15.0 Å². The molecule has 0 spiro atoms. The highest BCUT2D eigenvalue weighted by Gasteiger charge is 2.16. The zero-order valence-electron chi connectivity index (χ0n) is 11.4. The number of nitrogens with one attached hydrogen (secondary N) is 1. The molecule has 1 atom stereocenters. The molecule has 1 saturated heterocycles. The van der Waals surface area contributed by atoms with Crippen LogP contribution in [0.5, 0.6) is 5.75 Å². The molecule has 0 aliphatic carbocycles. The summed E-state index contributed by atoms with van der Waals surface area (Å²) in [6.07, 6.45) is 3.39. The number of thiazole rings is 1. The third kappa shape index (κ3) is 3.77. The molecule has 1 aliphatic rings. The Bertz CT molecular complexity index is 580. The van der Waals surface area contributed by atoms with Crippen molar-refractivity contribution < 1.29 is 13.5 Å². The molecule has 1 aliphatic heterocycles. The molecule has 112 valence electrons. The molecule has 0 bridgehead atoms. The number of hydrogen-bond acceptors (Lipinski definition) is 4. The lowest BCUT2D eigenvalue weighted by Gasteiger charge is -2.06. The first-order valence-electron chi connectivity index (χ1n) is 6.94. The molecule has 0 saturated carbocycles. The van der Waals surface area contributed by atoms with Crippen LogP contribution in [0.4, 0.5) is 8.78 Å². The molecule has 3 rings (SSSR count). The highest BCUT2D eigenvalue weighted by molar-refractivity contribution is 7.09. The van der Waals surface area contributed by atoms with Crippen LogP contribution < -0.4 is 10.1 Å². The molecular weight excluding hydrogens is 294 g/mol. The van der Waals surface area contributed by atoms with E-state index in [1.54, 1.807) is 35.6 Å². The third-order valence-corrected chi connectivity index (χ3v) is 4.38. The van der Waals surface area contributed by atoms with Gasteiger partial charge in [0.25, 0.3) is 0 Å². The van der Waals surface area contributed by atoms with Gasteiger partial charge in [0.15, 0.2) is 0 Å². The quantitative estimate of drug-likeness (QED) is 0.914. The molecule has 3 nitrogen and oxygen atoms in total. The molecular formula is C15H16F2N2OS. The second-order valence-electron chi connectivity index (χ2n) is 5.03. The van der Waals surface area contributed by atoms with E-state index in [1.807, 2.05) is 5.38 Å². The SMILES string of the molecule is FC(F)Oc1ccc(-c2csc(CC3CCCN3)n2)cc1. The summed E-state index contributed by atoms with van der Waals surface area (Å²) in [6.45, 7) is -1.70. The molecule has 2 aromatic rings. The largest absolute Gasteiger partial charge is 0.435 e. The van der Waals surface area contributed by atoms with Crippen LogP contribution in [0.25, 0.3) is 11.3 Å². The highest BCUT2D eigenvalue weighted by atomic mass is 32.1. The van der Waals surface area contributed by atoms with Gasteiger partial charge in [-0.2, -0.15) is 8.78 Å². The van der Waals surface area contributed by atoms with Gasteiger partial charge in [-0.05, 0) is 43.7 Å². The van der Waals surface area contributed by atoms with Gasteiger partial charge in [-0.15, -0.1) is 11.3 Å². The molecule has 0 radical (unpaired) electrons. The van der Waals surface area contributed by atoms with Crippen molar-refractivity contribution in [1.82, 2.24) is 10.3 Å². The van der Waals surface area contributed by atoms with E-state index >= 15 is 0 Å². The zero-order valence-corrected chi connectivity index (χ0v) is 12.2. The molecule has 6 heteroatoms. The second-order valence-corrected chi connectivity index (χ2v) is 5.97. The number of halogens is 2. The molecule has 1 N–H and O–H groups in total. The first-order valence-corrected chi connectivity index (χ1v) is 7.82. The topological polar surface area (TPSA) is 34.1 Å². The highest BCUT2D eigenvalue weighted by Crippen LogP contribution is 2.26. The van der Waals surface area contributed by atoms with Crippen LogP contribution in [0, 0.1) is 0 Å². The van der Waals surface area contributed by atoms with E-state index in [-0.39, 0.29) is 5.75 Å². The lowest BCUT2D eigenvalue weighted by Crippen LogP contribution is -2.23. The molecule has 1 aromatic carbocycles. The fraction of sp³-hybridized carbons (Fsp3) is 0.400. The molecule has 21 heavy (non-hydrogen) atoms. The van der Waals surface area contributed by atoms with Gasteiger partial charge in [-0.3, -0.25) is 0 Å². The van der Waals surface area contributed by atoms with E-state index in [0.717, 1.165) is 29.2 Å². The predicted molar refractivity (Wildman–Crippen MR) is 78.9 cm³/mol. The fourth-order valence-corrected chi connectivity index (χ4v) is 3.37. The number of nitrogens with zero attached hydrogens (tertiary/aromatic N) is 1. The maximum Gasteiger partial charge on any atom is 0.387 e. The summed E-state index contributed by atoms with van der Waals surface area (Å²) in [7, 11) is 0. The van der Waals surface area contributed by atoms with Gasteiger partial charge in [0.1, 0.15) is 5.75 Å². The minimum Gasteiger partial charge on any atom is -0.435 e. The number of benzene rings is 1. The predicted octanol–water partition coefficient (Wildman–Crippen LogP) is 3.71. The van der Waals surface area contributed by atoms with Crippen LogP contribution >= 0.6 is 11.3 Å². The van der Waals surface area contributed by atoms with Crippen molar-refractivity contribution >= 4 is 11.3 Å². The van der Waals surface area contributed by atoms with Gasteiger partial charge in [-0.1, -0.05) is 0 Å². The van der Waals surface area contributed by atoms with Gasteiger partial charge in [0.05, 0.1) is 10.7 Å². The summed E-state index contributed by atoms with van der Waals surface area (Å²) in [5, 5.41) is 6.57. The van der Waals surface area contributed by atoms with Crippen LogP contribution in [-0.2, 0) is 6.42 Å². The Labute approximate surface area is 126 Å². The summed E-state index contributed by atoms with van der Waals surface area (Å²) < 4.78 is 28.5. The van der Waals surface area contributed by atoms with Crippen LogP contribution in [0.2, 0.25) is 0 Å². The lowest BCUT2D eigenvalue weighted by atomic mass is 10.1. The number of ether oxygens (including phenoxy) is 1. The van der Waals surface area contributed by atoms with E-state index in [1.165, 1.54) is 12.8 Å². The van der Waals surface area contributed by atoms with E-state index in [4.69, 9.17) is 0 Å². The Hall–Kier alpha value is -1.53. The zero-order chi connectivity index (χ0) is 14.7. The average molecular weight is 310 g/mol. The molecule has 1 unspecified atom stereocenters. The number of alkyl halides is 2. The Morgan fingerprint density at radius 1 is 1.33 bits per heavy atom. The molecule has 1 fully saturated rings. The summed E-state index contributed by atoms with van der Waals surface area (Å²) in [4.78, 5) is 4.62. The monoisotopic (exact) mass is 310 g/mol. The maximum atomic E-state index is 12.1. The molecule has 2 heterocycles. The smallest absolute Gasteiger partial charge is 0.387 e. The summed E-state index contributed by atoms with van der Waals surface area (Å²) in [5.41, 5.74) is 1.80. The normalized spacial score (nSPS) is 18.3. The van der Waals surface area contributed by atoms with Crippen LogP contribution in [0.1, 0.15) is 17.8 Å². The van der Waals surface area contributed by atoms with Crippen molar-refractivity contribution in [2.75, 3.05) is 6.54 Å². The maximum absolute atomic E-state index is 12.1. The van der Waals surface area contributed by atoms with Crippen molar-refractivity contribution in [3.8, 4) is 17.0 Å². The van der Waals surface area contributed by atoms with Gasteiger partial charge in [-0.25, -0.2) is 4.98 Å². The standard InChI is InChI=1S/C15H16F2N2OS/c16-15(17)20-12-5-3-10(4-6-12)13-9-21-14(19-13)8-11-2-1-7-18-11/h3-6,9,11,15,18H,1-2,7-8H2. The summed E-state index contributed by atoms with van der Waals surface area (Å²) >= 11 is 1.64. The third-order valence-electron chi connectivity index (χ3n) is 3.51. The van der Waals surface area contributed by atoms with Crippen molar-refractivity contribution in [3.63, 3.8) is 0 Å². The fourth-order valence-electron chi connectivity index (χ4n) is 2.49. The van der Waals surface area contributed by atoms with Crippen LogP contribution in [0.15, 0.2) is 29.6 Å². The van der Waals surface area contributed by atoms with Crippen molar-refractivity contribution in [3.05, 3.63) is 34.7 Å². The van der Waals surface area contributed by atoms with Gasteiger partial charge in [0.2, 0.25) is 0 Å². The second kappa shape index (κ2) is 6.49.